The molecule has 0 fully saturated rings. The number of para-hydroxylation sites is 2. The van der Waals surface area contributed by atoms with Crippen molar-refractivity contribution in [3.63, 3.8) is 0 Å². The molecular weight excluding hydrogens is 605 g/mol. The van der Waals surface area contributed by atoms with E-state index in [1.807, 2.05) is 0 Å². The zero-order valence-corrected chi connectivity index (χ0v) is 27.2. The highest BCUT2D eigenvalue weighted by Gasteiger charge is 2.18. The van der Waals surface area contributed by atoms with Crippen molar-refractivity contribution in [2.24, 2.45) is 0 Å². The average molecular weight is 635 g/mol. The minimum absolute atomic E-state index is 1.16. The molecule has 0 saturated carbocycles. The minimum Gasteiger partial charge on any atom is -0.309 e. The van der Waals surface area contributed by atoms with E-state index in [4.69, 9.17) is 0 Å². The van der Waals surface area contributed by atoms with Crippen LogP contribution < -0.4 is 0 Å². The third-order valence-electron chi connectivity index (χ3n) is 10.6. The predicted octanol–water partition coefficient (Wildman–Crippen LogP) is 13.0. The van der Waals surface area contributed by atoms with Crippen molar-refractivity contribution in [1.29, 1.82) is 0 Å². The molecule has 0 atom stereocenters. The van der Waals surface area contributed by atoms with Gasteiger partial charge in [0, 0.05) is 32.9 Å². The lowest BCUT2D eigenvalue weighted by atomic mass is 9.97. The molecule has 2 aromatic heterocycles. The van der Waals surface area contributed by atoms with Gasteiger partial charge in [-0.15, -0.1) is 0 Å². The van der Waals surface area contributed by atoms with E-state index < -0.39 is 0 Å². The van der Waals surface area contributed by atoms with Crippen LogP contribution in [-0.4, -0.2) is 9.13 Å². The molecule has 0 aliphatic carbocycles. The Balaban J connectivity index is 1.11. The Bertz CT molecular complexity index is 3120. The number of nitrogens with zero attached hydrogens (tertiary/aromatic N) is 2. The van der Waals surface area contributed by atoms with E-state index in [2.05, 4.69) is 191 Å². The predicted molar refractivity (Wildman–Crippen MR) is 213 cm³/mol. The first-order chi connectivity index (χ1) is 24.8. The van der Waals surface area contributed by atoms with Crippen LogP contribution in [0.2, 0.25) is 0 Å². The van der Waals surface area contributed by atoms with Gasteiger partial charge in [0.05, 0.1) is 22.1 Å². The quantitative estimate of drug-likeness (QED) is 0.171. The van der Waals surface area contributed by atoms with E-state index >= 15 is 0 Å². The molecule has 0 unspecified atom stereocenters. The summed E-state index contributed by atoms with van der Waals surface area (Å²) in [6, 6.07) is 66.7. The monoisotopic (exact) mass is 634 g/mol. The topological polar surface area (TPSA) is 9.86 Å². The third kappa shape index (κ3) is 3.90. The van der Waals surface area contributed by atoms with Crippen molar-refractivity contribution in [3.8, 4) is 22.5 Å². The average Bonchev–Trinajstić information content (AvgIpc) is 3.71. The van der Waals surface area contributed by atoms with E-state index in [0.717, 1.165) is 5.69 Å². The second-order valence-electron chi connectivity index (χ2n) is 13.4. The third-order valence-corrected chi connectivity index (χ3v) is 10.6. The Labute approximate surface area is 288 Å². The maximum absolute atomic E-state index is 2.45. The summed E-state index contributed by atoms with van der Waals surface area (Å²) in [6.45, 7) is 0. The zero-order valence-electron chi connectivity index (χ0n) is 27.2. The molecule has 2 nitrogen and oxygen atoms in total. The maximum atomic E-state index is 2.45. The molecule has 9 aromatic carbocycles. The number of rotatable bonds is 3. The van der Waals surface area contributed by atoms with Crippen molar-refractivity contribution >= 4 is 75.9 Å². The van der Waals surface area contributed by atoms with Crippen LogP contribution >= 0.6 is 0 Å². The molecule has 0 saturated heterocycles. The van der Waals surface area contributed by atoms with Gasteiger partial charge in [0.2, 0.25) is 0 Å². The second-order valence-corrected chi connectivity index (χ2v) is 13.4. The van der Waals surface area contributed by atoms with Crippen molar-refractivity contribution in [1.82, 2.24) is 9.13 Å². The Hall–Kier alpha value is -6.64. The second kappa shape index (κ2) is 10.4. The minimum atomic E-state index is 1.16. The zero-order chi connectivity index (χ0) is 32.8. The number of hydrogen-bond donors (Lipinski definition) is 0. The van der Waals surface area contributed by atoms with Crippen LogP contribution in [0.15, 0.2) is 182 Å². The summed E-state index contributed by atoms with van der Waals surface area (Å²) in [6.07, 6.45) is 0. The fourth-order valence-electron chi connectivity index (χ4n) is 8.38. The first-order valence-electron chi connectivity index (χ1n) is 17.3. The van der Waals surface area contributed by atoms with Gasteiger partial charge < -0.3 is 9.13 Å². The molecule has 0 aliphatic heterocycles. The van der Waals surface area contributed by atoms with Gasteiger partial charge in [0.1, 0.15) is 0 Å². The summed E-state index contributed by atoms with van der Waals surface area (Å²) in [5.74, 6) is 0. The highest BCUT2D eigenvalue weighted by atomic mass is 15.0. The van der Waals surface area contributed by atoms with Crippen LogP contribution in [0.25, 0.3) is 98.4 Å². The van der Waals surface area contributed by atoms with Gasteiger partial charge in [0.15, 0.2) is 0 Å². The lowest BCUT2D eigenvalue weighted by molar-refractivity contribution is 1.18. The van der Waals surface area contributed by atoms with Gasteiger partial charge in [-0.05, 0) is 110 Å². The lowest BCUT2D eigenvalue weighted by Crippen LogP contribution is -1.94. The number of fused-ring (bicyclic) bond motifs is 11. The fourth-order valence-corrected chi connectivity index (χ4v) is 8.38. The van der Waals surface area contributed by atoms with E-state index in [0.29, 0.717) is 0 Å². The molecule has 11 aromatic rings. The highest BCUT2D eigenvalue weighted by Crippen LogP contribution is 2.42. The molecule has 0 spiro atoms. The van der Waals surface area contributed by atoms with Gasteiger partial charge in [-0.3, -0.25) is 0 Å². The van der Waals surface area contributed by atoms with Crippen LogP contribution in [0.4, 0.5) is 0 Å². The molecule has 2 heteroatoms. The summed E-state index contributed by atoms with van der Waals surface area (Å²) >= 11 is 0. The van der Waals surface area contributed by atoms with E-state index in [1.54, 1.807) is 0 Å². The number of aromatic nitrogens is 2. The molecule has 11 rings (SSSR count). The maximum Gasteiger partial charge on any atom is 0.0547 e. The molecule has 0 amide bonds. The first kappa shape index (κ1) is 27.3. The number of benzene rings is 9. The van der Waals surface area contributed by atoms with Gasteiger partial charge in [-0.2, -0.15) is 0 Å². The number of hydrogen-bond acceptors (Lipinski definition) is 0. The Morgan fingerprint density at radius 1 is 0.260 bits per heavy atom. The molecule has 232 valence electrons. The molecule has 0 bridgehead atoms. The van der Waals surface area contributed by atoms with Crippen LogP contribution in [0.3, 0.4) is 0 Å². The molecule has 0 N–H and O–H groups in total. The van der Waals surface area contributed by atoms with Gasteiger partial charge in [-0.25, -0.2) is 0 Å². The van der Waals surface area contributed by atoms with Crippen molar-refractivity contribution in [2.45, 2.75) is 0 Å². The van der Waals surface area contributed by atoms with E-state index in [9.17, 15) is 0 Å². The first-order valence-corrected chi connectivity index (χ1v) is 17.3. The molecule has 50 heavy (non-hydrogen) atoms. The van der Waals surface area contributed by atoms with Gasteiger partial charge in [0.25, 0.3) is 0 Å². The molecular formula is C48H30N2. The summed E-state index contributed by atoms with van der Waals surface area (Å²) in [4.78, 5) is 0. The van der Waals surface area contributed by atoms with Gasteiger partial charge in [-0.1, -0.05) is 115 Å². The standard InChI is InChI=1S/C48H30N2/c1-2-13-37(14-3-1)49-43-17-9-8-16-40(43)42-30-35(21-25-44(42)49)31-18-23-38(24-19-31)50-45-26-20-32-10-6-7-15-39(32)47(45)48-41-29-34-12-5-4-11-33(34)28-36(41)22-27-46(48)50/h1-30H. The summed E-state index contributed by atoms with van der Waals surface area (Å²) in [5, 5.41) is 12.8. The van der Waals surface area contributed by atoms with Crippen LogP contribution in [-0.2, 0) is 0 Å². The smallest absolute Gasteiger partial charge is 0.0547 e. The highest BCUT2D eigenvalue weighted by molar-refractivity contribution is 6.29. The van der Waals surface area contributed by atoms with E-state index in [-0.39, 0.29) is 0 Å². The van der Waals surface area contributed by atoms with Gasteiger partial charge >= 0.3 is 0 Å². The Morgan fingerprint density at radius 2 is 0.800 bits per heavy atom. The normalized spacial score (nSPS) is 12.0. The van der Waals surface area contributed by atoms with Crippen LogP contribution in [0.5, 0.6) is 0 Å². The largest absolute Gasteiger partial charge is 0.309 e. The summed E-state index contributed by atoms with van der Waals surface area (Å²) < 4.78 is 4.82. The molecule has 2 heterocycles. The van der Waals surface area contributed by atoms with Crippen LogP contribution in [0, 0.1) is 0 Å². The summed E-state index contributed by atoms with van der Waals surface area (Å²) in [7, 11) is 0. The van der Waals surface area contributed by atoms with Crippen LogP contribution in [0.1, 0.15) is 0 Å². The van der Waals surface area contributed by atoms with E-state index in [1.165, 1.54) is 92.7 Å². The lowest BCUT2D eigenvalue weighted by Gasteiger charge is -2.11. The SMILES string of the molecule is c1ccc(-n2c3ccccc3c3cc(-c4ccc(-n5c6ccc7ccccc7c6c6c7cc8ccccc8cc7ccc65)cc4)ccc32)cc1. The van der Waals surface area contributed by atoms with Crippen molar-refractivity contribution in [3.05, 3.63) is 182 Å². The molecule has 0 radical (unpaired) electrons. The molecule has 0 aliphatic rings. The van der Waals surface area contributed by atoms with Crippen molar-refractivity contribution in [2.75, 3.05) is 0 Å². The summed E-state index contributed by atoms with van der Waals surface area (Å²) in [5.41, 5.74) is 9.64. The Morgan fingerprint density at radius 3 is 1.60 bits per heavy atom. The van der Waals surface area contributed by atoms with Crippen molar-refractivity contribution < 1.29 is 0 Å². The Kier molecular flexibility index (Phi) is 5.70. The fraction of sp³-hybridized carbons (Fsp3) is 0.